The molecule has 26 heavy (non-hydrogen) atoms. The Kier molecular flexibility index (Phi) is 3.78. The molecule has 0 aliphatic rings. The summed E-state index contributed by atoms with van der Waals surface area (Å²) in [5.74, 6) is 0.461. The zero-order valence-corrected chi connectivity index (χ0v) is 13.9. The third kappa shape index (κ3) is 2.85. The molecule has 0 fully saturated rings. The molecule has 2 heterocycles. The van der Waals surface area contributed by atoms with Crippen molar-refractivity contribution in [1.82, 2.24) is 4.98 Å². The number of hydrogen-bond acceptors (Lipinski definition) is 4. The van der Waals surface area contributed by atoms with Crippen LogP contribution in [-0.4, -0.2) is 4.98 Å². The van der Waals surface area contributed by atoms with Crippen LogP contribution >= 0.6 is 11.3 Å². The second kappa shape index (κ2) is 6.00. The summed E-state index contributed by atoms with van der Waals surface area (Å²) in [5.41, 5.74) is 0.668. The van der Waals surface area contributed by atoms with Crippen molar-refractivity contribution in [2.75, 3.05) is 5.32 Å². The Morgan fingerprint density at radius 2 is 1.81 bits per heavy atom. The summed E-state index contributed by atoms with van der Waals surface area (Å²) in [6.07, 6.45) is -4.41. The van der Waals surface area contributed by atoms with Gasteiger partial charge in [-0.25, -0.2) is 4.98 Å². The van der Waals surface area contributed by atoms with Gasteiger partial charge in [0.05, 0.1) is 22.7 Å². The van der Waals surface area contributed by atoms with E-state index in [2.05, 4.69) is 16.4 Å². The summed E-state index contributed by atoms with van der Waals surface area (Å²) >= 11 is 1.48. The Bertz CT molecular complexity index is 1170. The number of fused-ring (bicyclic) bond motifs is 3. The highest BCUT2D eigenvalue weighted by molar-refractivity contribution is 7.09. The van der Waals surface area contributed by atoms with Crippen LogP contribution in [0.25, 0.3) is 21.7 Å². The Labute approximate surface area is 150 Å². The average molecular weight is 369 g/mol. The third-order valence-corrected chi connectivity index (χ3v) is 4.76. The van der Waals surface area contributed by atoms with Crippen molar-refractivity contribution < 1.29 is 13.2 Å². The zero-order chi connectivity index (χ0) is 18.3. The monoisotopic (exact) mass is 369 g/mol. The van der Waals surface area contributed by atoms with E-state index in [4.69, 9.17) is 5.26 Å². The molecule has 3 nitrogen and oxygen atoms in total. The van der Waals surface area contributed by atoms with Gasteiger partial charge in [0.2, 0.25) is 0 Å². The molecule has 0 saturated carbocycles. The minimum atomic E-state index is -4.41. The largest absolute Gasteiger partial charge is 0.416 e. The van der Waals surface area contributed by atoms with Crippen LogP contribution in [0, 0.1) is 11.3 Å². The van der Waals surface area contributed by atoms with Crippen molar-refractivity contribution in [2.45, 2.75) is 6.18 Å². The molecule has 4 aromatic rings. The molecule has 0 aliphatic heterocycles. The van der Waals surface area contributed by atoms with Crippen molar-refractivity contribution in [3.63, 3.8) is 0 Å². The minimum absolute atomic E-state index is 0.301. The van der Waals surface area contributed by atoms with Crippen LogP contribution in [0.1, 0.15) is 11.1 Å². The number of hydrogen-bond donors (Lipinski definition) is 1. The van der Waals surface area contributed by atoms with Crippen LogP contribution in [0.4, 0.5) is 24.7 Å². The fourth-order valence-corrected chi connectivity index (χ4v) is 3.63. The maximum absolute atomic E-state index is 12.9. The quantitative estimate of drug-likeness (QED) is 0.465. The predicted molar refractivity (Wildman–Crippen MR) is 96.6 cm³/mol. The normalized spacial score (nSPS) is 11.6. The molecule has 0 atom stereocenters. The highest BCUT2D eigenvalue weighted by atomic mass is 32.1. The van der Waals surface area contributed by atoms with E-state index in [1.54, 1.807) is 18.2 Å². The predicted octanol–water partition coefficient (Wildman–Crippen LogP) is 6.08. The van der Waals surface area contributed by atoms with E-state index < -0.39 is 11.7 Å². The molecule has 1 N–H and O–H groups in total. The standard InChI is InChI=1S/C19H10F3N3S/c20-19(21,22)12-2-1-3-13(7-12)24-18-16-10-26-9-15(16)14-5-4-11(8-23)6-17(14)25-18/h1-7,9-10H,(H,24,25). The smallest absolute Gasteiger partial charge is 0.340 e. The van der Waals surface area contributed by atoms with Gasteiger partial charge in [0.1, 0.15) is 5.82 Å². The van der Waals surface area contributed by atoms with Gasteiger partial charge in [-0.1, -0.05) is 12.1 Å². The summed E-state index contributed by atoms with van der Waals surface area (Å²) < 4.78 is 38.8. The lowest BCUT2D eigenvalue weighted by Gasteiger charge is -2.12. The second-order valence-electron chi connectivity index (χ2n) is 5.71. The molecule has 7 heteroatoms. The van der Waals surface area contributed by atoms with Crippen LogP contribution in [0.2, 0.25) is 0 Å². The maximum atomic E-state index is 12.9. The molecule has 0 spiro atoms. The van der Waals surface area contributed by atoms with Gasteiger partial charge < -0.3 is 5.32 Å². The molecule has 2 aromatic carbocycles. The van der Waals surface area contributed by atoms with E-state index in [1.165, 1.54) is 17.4 Å². The lowest BCUT2D eigenvalue weighted by atomic mass is 10.1. The van der Waals surface area contributed by atoms with E-state index in [9.17, 15) is 13.2 Å². The van der Waals surface area contributed by atoms with Crippen LogP contribution in [0.5, 0.6) is 0 Å². The van der Waals surface area contributed by atoms with Crippen LogP contribution in [0.3, 0.4) is 0 Å². The summed E-state index contributed by atoms with van der Waals surface area (Å²) in [7, 11) is 0. The fourth-order valence-electron chi connectivity index (χ4n) is 2.80. The zero-order valence-electron chi connectivity index (χ0n) is 13.1. The maximum Gasteiger partial charge on any atom is 0.416 e. The van der Waals surface area contributed by atoms with Crippen molar-refractivity contribution >= 4 is 44.5 Å². The number of thiophene rings is 1. The topological polar surface area (TPSA) is 48.7 Å². The van der Waals surface area contributed by atoms with Gasteiger partial charge in [-0.3, -0.25) is 0 Å². The molecule has 0 aliphatic carbocycles. The first-order valence-corrected chi connectivity index (χ1v) is 8.54. The van der Waals surface area contributed by atoms with Crippen molar-refractivity contribution in [3.8, 4) is 6.07 Å². The number of rotatable bonds is 2. The lowest BCUT2D eigenvalue weighted by molar-refractivity contribution is -0.137. The molecule has 4 rings (SSSR count). The van der Waals surface area contributed by atoms with Gasteiger partial charge in [0.25, 0.3) is 0 Å². The molecular formula is C19H10F3N3S. The van der Waals surface area contributed by atoms with Gasteiger partial charge in [0.15, 0.2) is 0 Å². The minimum Gasteiger partial charge on any atom is -0.340 e. The molecule has 2 aromatic heterocycles. The molecule has 0 amide bonds. The van der Waals surface area contributed by atoms with Gasteiger partial charge >= 0.3 is 6.18 Å². The molecule has 0 radical (unpaired) electrons. The number of nitrogens with one attached hydrogen (secondary N) is 1. The molecule has 128 valence electrons. The average Bonchev–Trinajstić information content (AvgIpc) is 3.11. The number of halogens is 3. The van der Waals surface area contributed by atoms with Crippen molar-refractivity contribution in [1.29, 1.82) is 5.26 Å². The van der Waals surface area contributed by atoms with E-state index in [1.807, 2.05) is 16.8 Å². The van der Waals surface area contributed by atoms with E-state index in [0.717, 1.165) is 28.3 Å². The number of alkyl halides is 3. The van der Waals surface area contributed by atoms with Gasteiger partial charge in [-0.05, 0) is 35.7 Å². The Hall–Kier alpha value is -3.11. The van der Waals surface area contributed by atoms with E-state index in [0.29, 0.717) is 22.6 Å². The molecule has 0 unspecified atom stereocenters. The Morgan fingerprint density at radius 1 is 1.00 bits per heavy atom. The Balaban J connectivity index is 1.86. The first kappa shape index (κ1) is 16.4. The number of anilines is 2. The molecular weight excluding hydrogens is 359 g/mol. The summed E-state index contributed by atoms with van der Waals surface area (Å²) in [4.78, 5) is 4.53. The molecule has 0 saturated heterocycles. The van der Waals surface area contributed by atoms with Crippen molar-refractivity contribution in [3.05, 3.63) is 64.4 Å². The number of nitriles is 1. The number of pyridine rings is 1. The number of benzene rings is 2. The highest BCUT2D eigenvalue weighted by Crippen LogP contribution is 2.35. The van der Waals surface area contributed by atoms with Gasteiger partial charge in [-0.15, -0.1) is 0 Å². The fraction of sp³-hybridized carbons (Fsp3) is 0.0526. The van der Waals surface area contributed by atoms with Crippen LogP contribution < -0.4 is 5.32 Å². The summed E-state index contributed by atoms with van der Waals surface area (Å²) in [5, 5.41) is 18.6. The number of nitrogens with zero attached hydrogens (tertiary/aromatic N) is 2. The Morgan fingerprint density at radius 3 is 2.58 bits per heavy atom. The van der Waals surface area contributed by atoms with E-state index in [-0.39, 0.29) is 0 Å². The van der Waals surface area contributed by atoms with Crippen LogP contribution in [-0.2, 0) is 6.18 Å². The van der Waals surface area contributed by atoms with Crippen LogP contribution in [0.15, 0.2) is 53.2 Å². The SMILES string of the molecule is N#Cc1ccc2c(c1)nc(Nc1cccc(C(F)(F)F)c1)c1cscc12. The first-order valence-electron chi connectivity index (χ1n) is 7.60. The van der Waals surface area contributed by atoms with E-state index >= 15 is 0 Å². The third-order valence-electron chi connectivity index (χ3n) is 4.02. The van der Waals surface area contributed by atoms with Crippen molar-refractivity contribution in [2.24, 2.45) is 0 Å². The lowest BCUT2D eigenvalue weighted by Crippen LogP contribution is -2.05. The van der Waals surface area contributed by atoms with Gasteiger partial charge in [0, 0.05) is 27.2 Å². The second-order valence-corrected chi connectivity index (χ2v) is 6.45. The summed E-state index contributed by atoms with van der Waals surface area (Å²) in [6.45, 7) is 0. The van der Waals surface area contributed by atoms with Gasteiger partial charge in [-0.2, -0.15) is 29.8 Å². The molecule has 0 bridgehead atoms. The summed E-state index contributed by atoms with van der Waals surface area (Å²) in [6, 6.07) is 12.3. The number of aromatic nitrogens is 1. The first-order chi connectivity index (χ1) is 12.5. The highest BCUT2D eigenvalue weighted by Gasteiger charge is 2.30.